The maximum atomic E-state index is 12.9. The van der Waals surface area contributed by atoms with Crippen molar-refractivity contribution in [3.63, 3.8) is 0 Å². The first-order valence-electron chi connectivity index (χ1n) is 10.9. The van der Waals surface area contributed by atoms with Gasteiger partial charge in [-0.2, -0.15) is 4.31 Å². The first kappa shape index (κ1) is 23.5. The summed E-state index contributed by atoms with van der Waals surface area (Å²) in [7, 11) is -1.80. The van der Waals surface area contributed by atoms with Crippen LogP contribution in [0.1, 0.15) is 6.92 Å². The summed E-state index contributed by atoms with van der Waals surface area (Å²) in [5.74, 6) is 1.17. The van der Waals surface area contributed by atoms with Gasteiger partial charge < -0.3 is 19.5 Å². The van der Waals surface area contributed by atoms with Crippen LogP contribution in [0, 0.1) is 0 Å². The number of para-hydroxylation sites is 2. The number of rotatable bonds is 7. The number of nitrogens with zero attached hydrogens (tertiary/aromatic N) is 2. The van der Waals surface area contributed by atoms with Crippen molar-refractivity contribution in [2.75, 3.05) is 51.8 Å². The van der Waals surface area contributed by atoms with E-state index in [0.717, 1.165) is 0 Å². The van der Waals surface area contributed by atoms with Crippen molar-refractivity contribution in [3.8, 4) is 11.5 Å². The highest BCUT2D eigenvalue weighted by Crippen LogP contribution is 2.31. The van der Waals surface area contributed by atoms with E-state index in [0.29, 0.717) is 56.6 Å². The number of carbonyl (C=O) groups is 1. The first-order chi connectivity index (χ1) is 15.8. The van der Waals surface area contributed by atoms with Crippen molar-refractivity contribution >= 4 is 21.6 Å². The molecule has 2 aliphatic rings. The summed E-state index contributed by atoms with van der Waals surface area (Å²) in [4.78, 5) is 14.9. The highest BCUT2D eigenvalue weighted by Gasteiger charge is 2.28. The van der Waals surface area contributed by atoms with E-state index in [2.05, 4.69) is 5.32 Å². The molecule has 0 saturated carbocycles. The van der Waals surface area contributed by atoms with Crippen molar-refractivity contribution < 1.29 is 27.4 Å². The van der Waals surface area contributed by atoms with E-state index in [-0.39, 0.29) is 16.9 Å². The number of morpholine rings is 1. The number of ether oxygens (including phenoxy) is 3. The van der Waals surface area contributed by atoms with E-state index in [1.165, 1.54) is 16.4 Å². The number of nitrogens with one attached hydrogen (secondary N) is 1. The fourth-order valence-corrected chi connectivity index (χ4v) is 5.20. The van der Waals surface area contributed by atoms with Gasteiger partial charge in [0.2, 0.25) is 15.9 Å². The van der Waals surface area contributed by atoms with Gasteiger partial charge in [0.1, 0.15) is 12.7 Å². The van der Waals surface area contributed by atoms with Crippen molar-refractivity contribution in [3.05, 3.63) is 48.5 Å². The molecular formula is C23H29N3O6S. The fourth-order valence-electron chi connectivity index (χ4n) is 3.75. The summed E-state index contributed by atoms with van der Waals surface area (Å²) in [6, 6.07) is 13.4. The number of benzene rings is 2. The molecule has 2 aliphatic heterocycles. The van der Waals surface area contributed by atoms with Gasteiger partial charge in [0.15, 0.2) is 11.5 Å². The van der Waals surface area contributed by atoms with Gasteiger partial charge in [-0.3, -0.25) is 9.69 Å². The summed E-state index contributed by atoms with van der Waals surface area (Å²) >= 11 is 0. The zero-order valence-electron chi connectivity index (χ0n) is 18.8. The van der Waals surface area contributed by atoms with Gasteiger partial charge in [-0.15, -0.1) is 0 Å². The third-order valence-electron chi connectivity index (χ3n) is 5.81. The lowest BCUT2D eigenvalue weighted by Crippen LogP contribution is -2.46. The molecule has 0 aliphatic carbocycles. The van der Waals surface area contributed by atoms with Gasteiger partial charge in [0, 0.05) is 25.3 Å². The van der Waals surface area contributed by atoms with Crippen LogP contribution in [0.2, 0.25) is 0 Å². The van der Waals surface area contributed by atoms with E-state index in [1.807, 2.05) is 36.2 Å². The number of fused-ring (bicyclic) bond motifs is 1. The molecule has 1 amide bonds. The molecule has 2 aromatic rings. The Hall–Kier alpha value is -2.66. The normalized spacial score (nSPS) is 19.8. The third-order valence-corrected chi connectivity index (χ3v) is 7.70. The van der Waals surface area contributed by atoms with Crippen molar-refractivity contribution in [2.45, 2.75) is 24.0 Å². The minimum Gasteiger partial charge on any atom is -0.486 e. The number of anilines is 1. The first-order valence-corrected chi connectivity index (χ1v) is 12.4. The SMILES string of the molecule is C[C@H](C(=O)Nc1cccc(S(=O)(=O)N2CCOCC2)c1)N(C)C[C@H]1COc2ccccc2O1. The third kappa shape index (κ3) is 5.47. The molecule has 33 heavy (non-hydrogen) atoms. The van der Waals surface area contributed by atoms with Crippen LogP contribution in [0.4, 0.5) is 5.69 Å². The zero-order chi connectivity index (χ0) is 23.4. The molecule has 1 fully saturated rings. The largest absolute Gasteiger partial charge is 0.486 e. The van der Waals surface area contributed by atoms with Gasteiger partial charge in [-0.05, 0) is 44.3 Å². The standard InChI is InChI=1S/C23H29N3O6S/c1-17(25(2)15-19-16-31-21-8-3-4-9-22(21)32-19)23(27)24-18-6-5-7-20(14-18)33(28,29)26-10-12-30-13-11-26/h3-9,14,17,19H,10-13,15-16H2,1-2H3,(H,24,27)/t17-,19+/m1/s1. The number of hydrogen-bond acceptors (Lipinski definition) is 7. The van der Waals surface area contributed by atoms with E-state index < -0.39 is 16.1 Å². The minimum atomic E-state index is -3.64. The molecule has 2 heterocycles. The summed E-state index contributed by atoms with van der Waals surface area (Å²) in [5.41, 5.74) is 0.431. The van der Waals surface area contributed by atoms with E-state index in [9.17, 15) is 13.2 Å². The van der Waals surface area contributed by atoms with Crippen LogP contribution in [-0.4, -0.2) is 82.2 Å². The van der Waals surface area contributed by atoms with E-state index >= 15 is 0 Å². The Bertz CT molecular complexity index is 1090. The lowest BCUT2D eigenvalue weighted by atomic mass is 10.2. The monoisotopic (exact) mass is 475 g/mol. The Balaban J connectivity index is 1.36. The summed E-state index contributed by atoms with van der Waals surface area (Å²) in [6.45, 7) is 4.07. The second-order valence-electron chi connectivity index (χ2n) is 8.15. The van der Waals surface area contributed by atoms with Crippen molar-refractivity contribution in [2.24, 2.45) is 0 Å². The molecule has 4 rings (SSSR count). The van der Waals surface area contributed by atoms with Crippen LogP contribution in [-0.2, 0) is 19.6 Å². The average Bonchev–Trinajstić information content (AvgIpc) is 2.84. The number of carbonyl (C=O) groups excluding carboxylic acids is 1. The smallest absolute Gasteiger partial charge is 0.243 e. The lowest BCUT2D eigenvalue weighted by molar-refractivity contribution is -0.120. The summed E-state index contributed by atoms with van der Waals surface area (Å²) in [5, 5.41) is 2.83. The highest BCUT2D eigenvalue weighted by atomic mass is 32.2. The Labute approximate surface area is 194 Å². The van der Waals surface area contributed by atoms with Crippen molar-refractivity contribution in [1.82, 2.24) is 9.21 Å². The second-order valence-corrected chi connectivity index (χ2v) is 10.1. The van der Waals surface area contributed by atoms with Crippen LogP contribution in [0.5, 0.6) is 11.5 Å². The number of sulfonamides is 1. The lowest BCUT2D eigenvalue weighted by Gasteiger charge is -2.31. The molecule has 0 radical (unpaired) electrons. The Kier molecular flexibility index (Phi) is 7.18. The van der Waals surface area contributed by atoms with Crippen LogP contribution in [0.15, 0.2) is 53.4 Å². The predicted octanol–water partition coefficient (Wildman–Crippen LogP) is 1.81. The number of likely N-dealkylation sites (N-methyl/N-ethyl adjacent to an activating group) is 1. The highest BCUT2D eigenvalue weighted by molar-refractivity contribution is 7.89. The molecule has 1 N–H and O–H groups in total. The molecule has 0 aromatic heterocycles. The molecule has 2 aromatic carbocycles. The molecule has 10 heteroatoms. The van der Waals surface area contributed by atoms with E-state index in [1.54, 1.807) is 19.1 Å². The molecular weight excluding hydrogens is 446 g/mol. The van der Waals surface area contributed by atoms with Gasteiger partial charge in [0.05, 0.1) is 24.2 Å². The molecule has 1 saturated heterocycles. The fraction of sp³-hybridized carbons (Fsp3) is 0.435. The Morgan fingerprint density at radius 2 is 1.88 bits per heavy atom. The molecule has 178 valence electrons. The predicted molar refractivity (Wildman–Crippen MR) is 123 cm³/mol. The van der Waals surface area contributed by atoms with Gasteiger partial charge in [0.25, 0.3) is 0 Å². The van der Waals surface area contributed by atoms with Crippen LogP contribution in [0.25, 0.3) is 0 Å². The number of amides is 1. The zero-order valence-corrected chi connectivity index (χ0v) is 19.6. The van der Waals surface area contributed by atoms with E-state index in [4.69, 9.17) is 14.2 Å². The summed E-state index contributed by atoms with van der Waals surface area (Å²) in [6.07, 6.45) is -0.206. The molecule has 0 unspecified atom stereocenters. The average molecular weight is 476 g/mol. The van der Waals surface area contributed by atoms with Crippen LogP contribution >= 0.6 is 0 Å². The summed E-state index contributed by atoms with van der Waals surface area (Å²) < 4.78 is 44.2. The quantitative estimate of drug-likeness (QED) is 0.652. The van der Waals surface area contributed by atoms with Crippen LogP contribution < -0.4 is 14.8 Å². The van der Waals surface area contributed by atoms with Gasteiger partial charge >= 0.3 is 0 Å². The topological polar surface area (TPSA) is 97.4 Å². The Morgan fingerprint density at radius 1 is 1.15 bits per heavy atom. The molecule has 0 spiro atoms. The number of hydrogen-bond donors (Lipinski definition) is 1. The Morgan fingerprint density at radius 3 is 2.64 bits per heavy atom. The van der Waals surface area contributed by atoms with Gasteiger partial charge in [-0.25, -0.2) is 8.42 Å². The molecule has 0 bridgehead atoms. The maximum absolute atomic E-state index is 12.9. The molecule has 9 nitrogen and oxygen atoms in total. The van der Waals surface area contributed by atoms with Gasteiger partial charge in [-0.1, -0.05) is 18.2 Å². The van der Waals surface area contributed by atoms with Crippen LogP contribution in [0.3, 0.4) is 0 Å². The second kappa shape index (κ2) is 10.1. The maximum Gasteiger partial charge on any atom is 0.243 e. The minimum absolute atomic E-state index is 0.148. The molecule has 2 atom stereocenters. The van der Waals surface area contributed by atoms with Crippen molar-refractivity contribution in [1.29, 1.82) is 0 Å².